The molecular weight excluding hydrogens is 354 g/mol. The smallest absolute Gasteiger partial charge is 0.276 e. The molecule has 2 aromatic carbocycles. The molecule has 0 bridgehead atoms. The highest BCUT2D eigenvalue weighted by molar-refractivity contribution is 6.34. The summed E-state index contributed by atoms with van der Waals surface area (Å²) in [6, 6.07) is 14.2. The van der Waals surface area contributed by atoms with Gasteiger partial charge in [-0.25, -0.2) is 0 Å². The Morgan fingerprint density at radius 1 is 1.12 bits per heavy atom. The maximum atomic E-state index is 12.7. The summed E-state index contributed by atoms with van der Waals surface area (Å²) in [6.07, 6.45) is 0. The molecule has 3 aromatic rings. The van der Waals surface area contributed by atoms with E-state index in [1.165, 1.54) is 4.90 Å². The van der Waals surface area contributed by atoms with Crippen molar-refractivity contribution in [2.24, 2.45) is 0 Å². The summed E-state index contributed by atoms with van der Waals surface area (Å²) in [5, 5.41) is 7.53. The number of amides is 1. The number of nitrogens with zero attached hydrogens (tertiary/aromatic N) is 2. The van der Waals surface area contributed by atoms with Gasteiger partial charge in [0, 0.05) is 18.7 Å². The molecule has 6 nitrogen and oxygen atoms in total. The molecule has 26 heavy (non-hydrogen) atoms. The van der Waals surface area contributed by atoms with E-state index in [-0.39, 0.29) is 5.91 Å². The zero-order valence-electron chi connectivity index (χ0n) is 14.6. The van der Waals surface area contributed by atoms with Crippen LogP contribution >= 0.6 is 11.6 Å². The van der Waals surface area contributed by atoms with E-state index in [1.807, 2.05) is 24.3 Å². The lowest BCUT2D eigenvalue weighted by Gasteiger charge is -2.17. The molecule has 0 atom stereocenters. The molecule has 0 fully saturated rings. The van der Waals surface area contributed by atoms with Gasteiger partial charge in [0.15, 0.2) is 0 Å². The number of hydrogen-bond acceptors (Lipinski definition) is 4. The summed E-state index contributed by atoms with van der Waals surface area (Å²) in [6.45, 7) is 0. The molecule has 134 valence electrons. The SMILES string of the molecule is COc1ccc(-c2cc(C(=O)N(C)c3ccccc3Cl)[nH]n2)c(OC)c1. The fraction of sp³-hybridized carbons (Fsp3) is 0.158. The fourth-order valence-electron chi connectivity index (χ4n) is 2.59. The maximum Gasteiger partial charge on any atom is 0.276 e. The van der Waals surface area contributed by atoms with E-state index >= 15 is 0 Å². The predicted octanol–water partition coefficient (Wildman–Crippen LogP) is 4.02. The van der Waals surface area contributed by atoms with Gasteiger partial charge in [-0.3, -0.25) is 9.89 Å². The molecule has 0 radical (unpaired) electrons. The van der Waals surface area contributed by atoms with Crippen LogP contribution in [-0.4, -0.2) is 37.4 Å². The van der Waals surface area contributed by atoms with Gasteiger partial charge in [-0.2, -0.15) is 5.10 Å². The zero-order valence-corrected chi connectivity index (χ0v) is 15.4. The standard InChI is InChI=1S/C19H18ClN3O3/c1-23(17-7-5-4-6-14(17)20)19(24)16-11-15(21-22-16)13-9-8-12(25-2)10-18(13)26-3/h4-11H,1-3H3,(H,21,22). The van der Waals surface area contributed by atoms with Crippen molar-refractivity contribution >= 4 is 23.2 Å². The molecule has 1 N–H and O–H groups in total. The predicted molar refractivity (Wildman–Crippen MR) is 101 cm³/mol. The molecule has 1 aromatic heterocycles. The minimum Gasteiger partial charge on any atom is -0.497 e. The highest BCUT2D eigenvalue weighted by atomic mass is 35.5. The molecular formula is C19H18ClN3O3. The van der Waals surface area contributed by atoms with Crippen LogP contribution in [0.3, 0.4) is 0 Å². The lowest BCUT2D eigenvalue weighted by Crippen LogP contribution is -2.26. The number of ether oxygens (including phenoxy) is 2. The van der Waals surface area contributed by atoms with Crippen LogP contribution in [0.2, 0.25) is 5.02 Å². The maximum absolute atomic E-state index is 12.7. The summed E-state index contributed by atoms with van der Waals surface area (Å²) >= 11 is 6.17. The summed E-state index contributed by atoms with van der Waals surface area (Å²) in [7, 11) is 4.82. The number of halogens is 1. The summed E-state index contributed by atoms with van der Waals surface area (Å²) < 4.78 is 10.6. The quantitative estimate of drug-likeness (QED) is 0.735. The second kappa shape index (κ2) is 7.49. The number of carbonyl (C=O) groups is 1. The van der Waals surface area contributed by atoms with E-state index in [4.69, 9.17) is 21.1 Å². The van der Waals surface area contributed by atoms with Crippen LogP contribution in [0.15, 0.2) is 48.5 Å². The largest absolute Gasteiger partial charge is 0.497 e. The highest BCUT2D eigenvalue weighted by Crippen LogP contribution is 2.33. The van der Waals surface area contributed by atoms with Gasteiger partial charge >= 0.3 is 0 Å². The van der Waals surface area contributed by atoms with Gasteiger partial charge < -0.3 is 14.4 Å². The first-order valence-electron chi connectivity index (χ1n) is 7.85. The number of methoxy groups -OCH3 is 2. The molecule has 0 aliphatic carbocycles. The average Bonchev–Trinajstić information content (AvgIpc) is 3.16. The molecule has 0 aliphatic rings. The second-order valence-electron chi connectivity index (χ2n) is 5.55. The number of aromatic amines is 1. The van der Waals surface area contributed by atoms with Crippen molar-refractivity contribution in [3.05, 3.63) is 59.2 Å². The van der Waals surface area contributed by atoms with Crippen molar-refractivity contribution in [2.45, 2.75) is 0 Å². The van der Waals surface area contributed by atoms with Crippen molar-refractivity contribution in [3.63, 3.8) is 0 Å². The van der Waals surface area contributed by atoms with E-state index in [0.717, 1.165) is 5.56 Å². The van der Waals surface area contributed by atoms with Gasteiger partial charge in [0.05, 0.1) is 30.6 Å². The lowest BCUT2D eigenvalue weighted by molar-refractivity contribution is 0.0988. The number of benzene rings is 2. The third-order valence-corrected chi connectivity index (χ3v) is 4.33. The topological polar surface area (TPSA) is 67.5 Å². The zero-order chi connectivity index (χ0) is 18.7. The van der Waals surface area contributed by atoms with Crippen LogP contribution in [0, 0.1) is 0 Å². The van der Waals surface area contributed by atoms with Crippen molar-refractivity contribution in [1.82, 2.24) is 10.2 Å². The van der Waals surface area contributed by atoms with Crippen molar-refractivity contribution < 1.29 is 14.3 Å². The molecule has 0 aliphatic heterocycles. The molecule has 1 amide bonds. The Morgan fingerprint density at radius 2 is 1.88 bits per heavy atom. The minimum atomic E-state index is -0.246. The first kappa shape index (κ1) is 17.8. The summed E-state index contributed by atoms with van der Waals surface area (Å²) in [5.41, 5.74) is 2.32. The number of para-hydroxylation sites is 1. The number of carbonyl (C=O) groups excluding carboxylic acids is 1. The Hall–Kier alpha value is -2.99. The van der Waals surface area contributed by atoms with Crippen LogP contribution in [-0.2, 0) is 0 Å². The van der Waals surface area contributed by atoms with Gasteiger partial charge in [0.25, 0.3) is 5.91 Å². The van der Waals surface area contributed by atoms with Crippen LogP contribution in [0.5, 0.6) is 11.5 Å². The van der Waals surface area contributed by atoms with Gasteiger partial charge in [-0.15, -0.1) is 0 Å². The van der Waals surface area contributed by atoms with Crippen LogP contribution < -0.4 is 14.4 Å². The summed E-state index contributed by atoms with van der Waals surface area (Å²) in [4.78, 5) is 14.2. The molecule has 3 rings (SSSR count). The Balaban J connectivity index is 1.90. The number of anilines is 1. The number of nitrogens with one attached hydrogen (secondary N) is 1. The van der Waals surface area contributed by atoms with Crippen molar-refractivity contribution in [3.8, 4) is 22.8 Å². The highest BCUT2D eigenvalue weighted by Gasteiger charge is 2.19. The number of aromatic nitrogens is 2. The molecule has 1 heterocycles. The molecule has 0 unspecified atom stereocenters. The van der Waals surface area contributed by atoms with Gasteiger partial charge in [0.2, 0.25) is 0 Å². The summed E-state index contributed by atoms with van der Waals surface area (Å²) in [5.74, 6) is 1.04. The van der Waals surface area contributed by atoms with Crippen LogP contribution in [0.4, 0.5) is 5.69 Å². The molecule has 0 saturated heterocycles. The fourth-order valence-corrected chi connectivity index (χ4v) is 2.86. The van der Waals surface area contributed by atoms with E-state index in [9.17, 15) is 4.79 Å². The van der Waals surface area contributed by atoms with E-state index in [1.54, 1.807) is 45.5 Å². The minimum absolute atomic E-state index is 0.246. The third-order valence-electron chi connectivity index (χ3n) is 4.01. The van der Waals surface area contributed by atoms with Gasteiger partial charge in [-0.1, -0.05) is 23.7 Å². The average molecular weight is 372 g/mol. The van der Waals surface area contributed by atoms with Crippen molar-refractivity contribution in [1.29, 1.82) is 0 Å². The normalized spacial score (nSPS) is 10.5. The van der Waals surface area contributed by atoms with Gasteiger partial charge in [0.1, 0.15) is 17.2 Å². The van der Waals surface area contributed by atoms with Crippen molar-refractivity contribution in [2.75, 3.05) is 26.2 Å². The van der Waals surface area contributed by atoms with E-state index in [2.05, 4.69) is 10.2 Å². The van der Waals surface area contributed by atoms with Crippen LogP contribution in [0.1, 0.15) is 10.5 Å². The second-order valence-corrected chi connectivity index (χ2v) is 5.96. The monoisotopic (exact) mass is 371 g/mol. The Labute approximate surface area is 156 Å². The lowest BCUT2D eigenvalue weighted by atomic mass is 10.1. The molecule has 7 heteroatoms. The molecule has 0 spiro atoms. The first-order chi connectivity index (χ1) is 12.5. The number of H-pyrrole nitrogens is 1. The molecule has 0 saturated carbocycles. The Morgan fingerprint density at radius 3 is 2.58 bits per heavy atom. The van der Waals surface area contributed by atoms with E-state index in [0.29, 0.717) is 33.6 Å². The van der Waals surface area contributed by atoms with Gasteiger partial charge in [-0.05, 0) is 30.3 Å². The Kier molecular flexibility index (Phi) is 5.14. The third kappa shape index (κ3) is 3.36. The first-order valence-corrected chi connectivity index (χ1v) is 8.23. The Bertz CT molecular complexity index is 939. The number of rotatable bonds is 5. The number of hydrogen-bond donors (Lipinski definition) is 1. The van der Waals surface area contributed by atoms with Crippen LogP contribution in [0.25, 0.3) is 11.3 Å². The van der Waals surface area contributed by atoms with E-state index < -0.39 is 0 Å².